The molecule has 0 radical (unpaired) electrons. The van der Waals surface area contributed by atoms with Gasteiger partial charge in [0.1, 0.15) is 0 Å². The predicted molar refractivity (Wildman–Crippen MR) is 117 cm³/mol. The molecule has 0 bridgehead atoms. The summed E-state index contributed by atoms with van der Waals surface area (Å²) in [5.74, 6) is 0.244. The van der Waals surface area contributed by atoms with E-state index in [9.17, 15) is 9.59 Å². The van der Waals surface area contributed by atoms with Gasteiger partial charge in [0.05, 0.1) is 16.2 Å². The maximum atomic E-state index is 13.5. The van der Waals surface area contributed by atoms with Gasteiger partial charge in [-0.2, -0.15) is 0 Å². The largest absolute Gasteiger partial charge is 0.272 e. The molecule has 2 amide bonds. The first kappa shape index (κ1) is 18.5. The van der Waals surface area contributed by atoms with Crippen LogP contribution in [0.3, 0.4) is 0 Å². The normalized spacial score (nSPS) is 14.5. The number of hydrogen-bond acceptors (Lipinski definition) is 3. The highest BCUT2D eigenvalue weighted by atomic mass is 32.2. The van der Waals surface area contributed by atoms with E-state index in [2.05, 4.69) is 0 Å². The highest BCUT2D eigenvalue weighted by Crippen LogP contribution is 2.40. The van der Waals surface area contributed by atoms with E-state index >= 15 is 0 Å². The molecule has 0 N–H and O–H groups in total. The van der Waals surface area contributed by atoms with Crippen molar-refractivity contribution in [3.8, 4) is 0 Å². The number of anilines is 1. The minimum absolute atomic E-state index is 0.235. The summed E-state index contributed by atoms with van der Waals surface area (Å²) in [5, 5.41) is 1.90. The molecule has 0 atom stereocenters. The van der Waals surface area contributed by atoms with Crippen molar-refractivity contribution in [1.29, 1.82) is 0 Å². The Morgan fingerprint density at radius 2 is 1.61 bits per heavy atom. The second-order valence-corrected chi connectivity index (χ2v) is 8.15. The summed E-state index contributed by atoms with van der Waals surface area (Å²) in [5.41, 5.74) is 4.22. The van der Waals surface area contributed by atoms with Gasteiger partial charge < -0.3 is 0 Å². The van der Waals surface area contributed by atoms with Crippen LogP contribution in [0.1, 0.15) is 23.6 Å². The van der Waals surface area contributed by atoms with E-state index in [1.807, 2.05) is 81.4 Å². The third-order valence-electron chi connectivity index (χ3n) is 5.13. The van der Waals surface area contributed by atoms with E-state index in [0.29, 0.717) is 16.2 Å². The first-order chi connectivity index (χ1) is 13.5. The molecule has 0 fully saturated rings. The number of aryl methyl sites for hydroxylation is 2. The van der Waals surface area contributed by atoms with Gasteiger partial charge in [-0.25, -0.2) is 4.90 Å². The van der Waals surface area contributed by atoms with Crippen LogP contribution in [0.4, 0.5) is 5.69 Å². The number of amides is 2. The average Bonchev–Trinajstić information content (AvgIpc) is 2.94. The zero-order valence-electron chi connectivity index (χ0n) is 16.2. The minimum Gasteiger partial charge on any atom is -0.268 e. The van der Waals surface area contributed by atoms with Gasteiger partial charge >= 0.3 is 0 Å². The SMILES string of the molecule is CCSC1=C(c2ccc(C)c(C)c2)C(=O)N(c2cccc3ccccc23)C1=O. The molecular weight excluding hydrogens is 366 g/mol. The molecule has 0 aliphatic carbocycles. The Bertz CT molecular complexity index is 1140. The van der Waals surface area contributed by atoms with Crippen LogP contribution < -0.4 is 4.90 Å². The summed E-state index contributed by atoms with van der Waals surface area (Å²) >= 11 is 1.44. The summed E-state index contributed by atoms with van der Waals surface area (Å²) in [6.45, 7) is 6.06. The van der Waals surface area contributed by atoms with Crippen LogP contribution in [0.25, 0.3) is 16.3 Å². The Kier molecular flexibility index (Phi) is 4.82. The van der Waals surface area contributed by atoms with Gasteiger partial charge in [-0.05, 0) is 47.7 Å². The number of nitrogens with zero attached hydrogens (tertiary/aromatic N) is 1. The molecule has 1 aliphatic rings. The fraction of sp³-hybridized carbons (Fsp3) is 0.167. The highest BCUT2D eigenvalue weighted by molar-refractivity contribution is 8.04. The Morgan fingerprint density at radius 1 is 0.857 bits per heavy atom. The first-order valence-electron chi connectivity index (χ1n) is 9.34. The Balaban J connectivity index is 1.88. The van der Waals surface area contributed by atoms with E-state index in [4.69, 9.17) is 0 Å². The van der Waals surface area contributed by atoms with Crippen LogP contribution in [0.5, 0.6) is 0 Å². The monoisotopic (exact) mass is 387 g/mol. The van der Waals surface area contributed by atoms with Crippen molar-refractivity contribution in [2.75, 3.05) is 10.7 Å². The van der Waals surface area contributed by atoms with E-state index in [1.165, 1.54) is 16.7 Å². The highest BCUT2D eigenvalue weighted by Gasteiger charge is 2.40. The molecule has 0 aromatic heterocycles. The topological polar surface area (TPSA) is 37.4 Å². The summed E-state index contributed by atoms with van der Waals surface area (Å²) in [6, 6.07) is 19.5. The molecule has 3 nitrogen and oxygen atoms in total. The van der Waals surface area contributed by atoms with E-state index < -0.39 is 0 Å². The van der Waals surface area contributed by atoms with Crippen molar-refractivity contribution in [1.82, 2.24) is 0 Å². The number of carbonyl (C=O) groups is 2. The summed E-state index contributed by atoms with van der Waals surface area (Å²) in [4.78, 5) is 28.7. The van der Waals surface area contributed by atoms with Crippen LogP contribution >= 0.6 is 11.8 Å². The summed E-state index contributed by atoms with van der Waals surface area (Å²) < 4.78 is 0. The molecule has 3 aromatic rings. The van der Waals surface area contributed by atoms with E-state index in [0.717, 1.165) is 33.2 Å². The summed E-state index contributed by atoms with van der Waals surface area (Å²) in [6.07, 6.45) is 0. The van der Waals surface area contributed by atoms with Crippen molar-refractivity contribution >= 4 is 45.6 Å². The molecule has 1 heterocycles. The molecule has 4 rings (SSSR count). The maximum absolute atomic E-state index is 13.5. The lowest BCUT2D eigenvalue weighted by Gasteiger charge is -2.17. The van der Waals surface area contributed by atoms with Crippen LogP contribution in [-0.2, 0) is 9.59 Å². The molecular formula is C24H21NO2S. The van der Waals surface area contributed by atoms with Gasteiger partial charge in [-0.3, -0.25) is 9.59 Å². The van der Waals surface area contributed by atoms with Crippen molar-refractivity contribution in [2.45, 2.75) is 20.8 Å². The molecule has 0 spiro atoms. The van der Waals surface area contributed by atoms with Gasteiger partial charge in [-0.15, -0.1) is 11.8 Å². The van der Waals surface area contributed by atoms with Gasteiger partial charge in [0.25, 0.3) is 11.8 Å². The lowest BCUT2D eigenvalue weighted by Crippen LogP contribution is -2.31. The Hall–Kier alpha value is -2.85. The number of imide groups is 1. The van der Waals surface area contributed by atoms with Crippen molar-refractivity contribution < 1.29 is 9.59 Å². The van der Waals surface area contributed by atoms with Gasteiger partial charge in [0.2, 0.25) is 0 Å². The fourth-order valence-electron chi connectivity index (χ4n) is 3.56. The number of hydrogen-bond donors (Lipinski definition) is 0. The Labute approximate surface area is 169 Å². The summed E-state index contributed by atoms with van der Waals surface area (Å²) in [7, 11) is 0. The molecule has 4 heteroatoms. The van der Waals surface area contributed by atoms with Crippen molar-refractivity contribution in [3.63, 3.8) is 0 Å². The Morgan fingerprint density at radius 3 is 2.36 bits per heavy atom. The van der Waals surface area contributed by atoms with Crippen LogP contribution in [-0.4, -0.2) is 17.6 Å². The first-order valence-corrected chi connectivity index (χ1v) is 10.3. The molecule has 0 saturated heterocycles. The van der Waals surface area contributed by atoms with Crippen LogP contribution in [0, 0.1) is 13.8 Å². The molecule has 0 unspecified atom stereocenters. The zero-order chi connectivity index (χ0) is 19.8. The smallest absolute Gasteiger partial charge is 0.268 e. The molecule has 1 aliphatic heterocycles. The predicted octanol–water partition coefficient (Wildman–Crippen LogP) is 5.49. The maximum Gasteiger partial charge on any atom is 0.272 e. The molecule has 0 saturated carbocycles. The molecule has 140 valence electrons. The van der Waals surface area contributed by atoms with Crippen molar-refractivity contribution in [3.05, 3.63) is 82.3 Å². The third-order valence-corrected chi connectivity index (χ3v) is 6.09. The number of fused-ring (bicyclic) bond motifs is 1. The zero-order valence-corrected chi connectivity index (χ0v) is 17.0. The second-order valence-electron chi connectivity index (χ2n) is 6.88. The number of carbonyl (C=O) groups excluding carboxylic acids is 2. The lowest BCUT2D eigenvalue weighted by molar-refractivity contribution is -0.119. The fourth-order valence-corrected chi connectivity index (χ4v) is 4.41. The number of thioether (sulfide) groups is 1. The number of benzene rings is 3. The molecule has 28 heavy (non-hydrogen) atoms. The van der Waals surface area contributed by atoms with Crippen molar-refractivity contribution in [2.24, 2.45) is 0 Å². The average molecular weight is 388 g/mol. The number of rotatable bonds is 4. The van der Waals surface area contributed by atoms with Gasteiger partial charge in [0, 0.05) is 5.39 Å². The van der Waals surface area contributed by atoms with Gasteiger partial charge in [0.15, 0.2) is 0 Å². The van der Waals surface area contributed by atoms with Crippen LogP contribution in [0.15, 0.2) is 65.6 Å². The minimum atomic E-state index is -0.249. The quantitative estimate of drug-likeness (QED) is 0.555. The lowest BCUT2D eigenvalue weighted by atomic mass is 10.0. The van der Waals surface area contributed by atoms with E-state index in [-0.39, 0.29) is 11.8 Å². The van der Waals surface area contributed by atoms with Crippen LogP contribution in [0.2, 0.25) is 0 Å². The standard InChI is InChI=1S/C24H21NO2S/c1-4-28-22-21(18-13-12-15(2)16(3)14-18)23(26)25(24(22)27)20-11-7-9-17-8-5-6-10-19(17)20/h5-14H,4H2,1-3H3. The van der Waals surface area contributed by atoms with E-state index in [1.54, 1.807) is 0 Å². The molecule has 3 aromatic carbocycles. The third kappa shape index (κ3) is 2.94. The van der Waals surface area contributed by atoms with Gasteiger partial charge in [-0.1, -0.05) is 61.5 Å². The second kappa shape index (κ2) is 7.28.